The van der Waals surface area contributed by atoms with Gasteiger partial charge in [0.25, 0.3) is 0 Å². The van der Waals surface area contributed by atoms with Crippen LogP contribution in [0.25, 0.3) is 0 Å². The van der Waals surface area contributed by atoms with Gasteiger partial charge in [0.15, 0.2) is 5.78 Å². The third-order valence-corrected chi connectivity index (χ3v) is 3.41. The summed E-state index contributed by atoms with van der Waals surface area (Å²) in [6, 6.07) is 0. The Bertz CT molecular complexity index is 306. The lowest BCUT2D eigenvalue weighted by Crippen LogP contribution is -2.45. The minimum Gasteiger partial charge on any atom is -0.465 e. The van der Waals surface area contributed by atoms with E-state index in [0.29, 0.717) is 25.9 Å². The van der Waals surface area contributed by atoms with Crippen LogP contribution in [0, 0.1) is 5.41 Å². The Labute approximate surface area is 108 Å². The number of hydrogen-bond acceptors (Lipinski definition) is 5. The normalized spacial score (nSPS) is 18.7. The molecule has 0 aromatic carbocycles. The van der Waals surface area contributed by atoms with Crippen molar-refractivity contribution in [2.24, 2.45) is 5.41 Å². The fourth-order valence-electron chi connectivity index (χ4n) is 1.90. The molecule has 0 aromatic rings. The van der Waals surface area contributed by atoms with Gasteiger partial charge in [-0.25, -0.2) is 0 Å². The van der Waals surface area contributed by atoms with Gasteiger partial charge in [-0.2, -0.15) is 0 Å². The van der Waals surface area contributed by atoms with Crippen molar-refractivity contribution in [3.63, 3.8) is 0 Å². The van der Waals surface area contributed by atoms with E-state index in [-0.39, 0.29) is 25.0 Å². The number of ketones is 1. The molecule has 104 valence electrons. The maximum absolute atomic E-state index is 12.1. The number of carbonyl (C=O) groups excluding carboxylic acids is 2. The van der Waals surface area contributed by atoms with E-state index in [1.807, 2.05) is 4.90 Å². The molecule has 1 rings (SSSR count). The van der Waals surface area contributed by atoms with E-state index in [9.17, 15) is 14.7 Å². The monoisotopic (exact) mass is 257 g/mol. The molecule has 0 amide bonds. The third kappa shape index (κ3) is 3.78. The van der Waals surface area contributed by atoms with Gasteiger partial charge in [-0.15, -0.1) is 0 Å². The summed E-state index contributed by atoms with van der Waals surface area (Å²) in [4.78, 5) is 25.8. The largest absolute Gasteiger partial charge is 0.465 e. The van der Waals surface area contributed by atoms with E-state index in [1.165, 1.54) is 0 Å². The number of ether oxygens (including phenoxy) is 1. The van der Waals surface area contributed by atoms with Crippen molar-refractivity contribution in [2.45, 2.75) is 39.7 Å². The molecule has 1 saturated heterocycles. The molecule has 0 spiro atoms. The molecule has 0 unspecified atom stereocenters. The topological polar surface area (TPSA) is 66.8 Å². The van der Waals surface area contributed by atoms with Crippen LogP contribution >= 0.6 is 0 Å². The zero-order chi connectivity index (χ0) is 13.8. The number of aliphatic hydroxyl groups is 1. The first-order chi connectivity index (χ1) is 8.37. The molecule has 0 radical (unpaired) electrons. The Morgan fingerprint density at radius 3 is 2.39 bits per heavy atom. The summed E-state index contributed by atoms with van der Waals surface area (Å²) in [6.45, 7) is 6.87. The van der Waals surface area contributed by atoms with Crippen molar-refractivity contribution in [1.29, 1.82) is 0 Å². The van der Waals surface area contributed by atoms with E-state index < -0.39 is 11.4 Å². The van der Waals surface area contributed by atoms with Crippen molar-refractivity contribution >= 4 is 11.8 Å². The van der Waals surface area contributed by atoms with Gasteiger partial charge in [0, 0.05) is 13.1 Å². The molecule has 5 nitrogen and oxygen atoms in total. The van der Waals surface area contributed by atoms with Crippen LogP contribution in [0.15, 0.2) is 0 Å². The number of Topliss-reactive ketones (excluding diaryl/α,β-unsaturated/α-hetero) is 1. The van der Waals surface area contributed by atoms with Crippen molar-refractivity contribution in [3.05, 3.63) is 0 Å². The van der Waals surface area contributed by atoms with Crippen molar-refractivity contribution < 1.29 is 19.4 Å². The second-order valence-corrected chi connectivity index (χ2v) is 5.28. The van der Waals surface area contributed by atoms with Crippen LogP contribution in [-0.4, -0.2) is 54.1 Å². The molecule has 1 N–H and O–H groups in total. The van der Waals surface area contributed by atoms with Gasteiger partial charge in [0.2, 0.25) is 0 Å². The van der Waals surface area contributed by atoms with Gasteiger partial charge in [-0.05, 0) is 33.6 Å². The highest BCUT2D eigenvalue weighted by Crippen LogP contribution is 2.20. The number of rotatable bonds is 5. The highest BCUT2D eigenvalue weighted by Gasteiger charge is 2.38. The summed E-state index contributed by atoms with van der Waals surface area (Å²) in [5.74, 6) is -0.593. The first-order valence-corrected chi connectivity index (χ1v) is 6.49. The molecule has 0 saturated carbocycles. The predicted molar refractivity (Wildman–Crippen MR) is 67.1 cm³/mol. The maximum atomic E-state index is 12.1. The Kier molecular flexibility index (Phi) is 5.28. The maximum Gasteiger partial charge on any atom is 0.319 e. The summed E-state index contributed by atoms with van der Waals surface area (Å²) in [7, 11) is 0. The fraction of sp³-hybridized carbons (Fsp3) is 0.846. The van der Waals surface area contributed by atoms with Crippen LogP contribution in [0.4, 0.5) is 0 Å². The lowest BCUT2D eigenvalue weighted by Gasteiger charge is -2.31. The molecule has 1 aliphatic rings. The van der Waals surface area contributed by atoms with Gasteiger partial charge in [-0.3, -0.25) is 14.5 Å². The van der Waals surface area contributed by atoms with Gasteiger partial charge < -0.3 is 9.84 Å². The molecule has 5 heteroatoms. The second-order valence-electron chi connectivity index (χ2n) is 5.28. The van der Waals surface area contributed by atoms with Crippen LogP contribution in [0.1, 0.15) is 33.6 Å². The molecule has 0 aliphatic carbocycles. The predicted octanol–water partition coefficient (Wildman–Crippen LogP) is 0.601. The highest BCUT2D eigenvalue weighted by atomic mass is 16.5. The number of esters is 1. The van der Waals surface area contributed by atoms with Gasteiger partial charge in [-0.1, -0.05) is 0 Å². The molecule has 0 atom stereocenters. The lowest BCUT2D eigenvalue weighted by molar-refractivity contribution is -0.158. The number of hydrogen-bond donors (Lipinski definition) is 1. The molecule has 1 heterocycles. The number of likely N-dealkylation sites (tertiary alicyclic amines) is 1. The summed E-state index contributed by atoms with van der Waals surface area (Å²) < 4.78 is 4.92. The Morgan fingerprint density at radius 2 is 1.89 bits per heavy atom. The Morgan fingerprint density at radius 1 is 1.33 bits per heavy atom. The van der Waals surface area contributed by atoms with E-state index in [4.69, 9.17) is 4.74 Å². The first kappa shape index (κ1) is 15.1. The number of carbonyl (C=O) groups is 2. The van der Waals surface area contributed by atoms with Crippen LogP contribution in [0.2, 0.25) is 0 Å². The molecular formula is C13H23NO4. The molecule has 1 fully saturated rings. The molecule has 0 aromatic heterocycles. The minimum atomic E-state index is -1.09. The summed E-state index contributed by atoms with van der Waals surface area (Å²) in [6.07, 6.45) is 1.12. The zero-order valence-corrected chi connectivity index (χ0v) is 11.4. The minimum absolute atomic E-state index is 0.127. The van der Waals surface area contributed by atoms with Crippen LogP contribution in [0.5, 0.6) is 0 Å². The number of piperidine rings is 1. The van der Waals surface area contributed by atoms with Crippen LogP contribution in [0.3, 0.4) is 0 Å². The van der Waals surface area contributed by atoms with Crippen molar-refractivity contribution in [2.75, 3.05) is 26.2 Å². The molecule has 1 aliphatic heterocycles. The van der Waals surface area contributed by atoms with Crippen molar-refractivity contribution in [3.8, 4) is 0 Å². The van der Waals surface area contributed by atoms with Gasteiger partial charge in [0.05, 0.1) is 19.3 Å². The van der Waals surface area contributed by atoms with Crippen molar-refractivity contribution in [1.82, 2.24) is 4.90 Å². The van der Waals surface area contributed by atoms with Crippen LogP contribution in [-0.2, 0) is 14.3 Å². The molecular weight excluding hydrogens is 234 g/mol. The summed E-state index contributed by atoms with van der Waals surface area (Å²) >= 11 is 0. The quantitative estimate of drug-likeness (QED) is 0.577. The van der Waals surface area contributed by atoms with E-state index in [0.717, 1.165) is 0 Å². The lowest BCUT2D eigenvalue weighted by atomic mass is 9.87. The Balaban J connectivity index is 2.51. The van der Waals surface area contributed by atoms with Gasteiger partial charge in [0.1, 0.15) is 5.41 Å². The average molecular weight is 257 g/mol. The first-order valence-electron chi connectivity index (χ1n) is 6.49. The average Bonchev–Trinajstić information content (AvgIpc) is 2.32. The number of nitrogens with zero attached hydrogens (tertiary/aromatic N) is 1. The standard InChI is InChI=1S/C13H23NO4/c1-4-18-12(17)13(2,3)11(16)9-14-7-5-10(15)6-8-14/h10,15H,4-9H2,1-3H3. The Hall–Kier alpha value is -0.940. The number of aliphatic hydroxyl groups excluding tert-OH is 1. The third-order valence-electron chi connectivity index (χ3n) is 3.41. The summed E-state index contributed by atoms with van der Waals surface area (Å²) in [5.41, 5.74) is -1.09. The zero-order valence-electron chi connectivity index (χ0n) is 11.4. The smallest absolute Gasteiger partial charge is 0.319 e. The van der Waals surface area contributed by atoms with E-state index in [1.54, 1.807) is 20.8 Å². The second kappa shape index (κ2) is 6.29. The van der Waals surface area contributed by atoms with Gasteiger partial charge >= 0.3 is 5.97 Å². The molecule has 0 bridgehead atoms. The summed E-state index contributed by atoms with van der Waals surface area (Å²) in [5, 5.41) is 9.39. The van der Waals surface area contributed by atoms with E-state index >= 15 is 0 Å². The fourth-order valence-corrected chi connectivity index (χ4v) is 1.90. The van der Waals surface area contributed by atoms with Crippen LogP contribution < -0.4 is 0 Å². The molecule has 18 heavy (non-hydrogen) atoms. The SMILES string of the molecule is CCOC(=O)C(C)(C)C(=O)CN1CCC(O)CC1. The van der Waals surface area contributed by atoms with E-state index in [2.05, 4.69) is 0 Å². The highest BCUT2D eigenvalue weighted by molar-refractivity contribution is 6.03.